The van der Waals surface area contributed by atoms with Crippen LogP contribution < -0.4 is 0 Å². The number of hydrogen-bond donors (Lipinski definition) is 0. The number of hydrogen-bond acceptors (Lipinski definition) is 1. The lowest BCUT2D eigenvalue weighted by atomic mass is 9.75. The Balaban J connectivity index is 2.16. The molecule has 0 N–H and O–H groups in total. The standard InChI is InChI=1S/C13H23N/c1-5-13(2,14(3)4)12-8-6-7-10-9-11(10)12/h6-7,10-12H,5,8-9H2,1-4H3/t10-,11+,12-,13-/m0/s1. The van der Waals surface area contributed by atoms with E-state index in [0.29, 0.717) is 5.54 Å². The molecule has 0 aromatic heterocycles. The molecule has 0 bridgehead atoms. The molecule has 1 fully saturated rings. The average Bonchev–Trinajstić information content (AvgIpc) is 2.94. The molecule has 0 radical (unpaired) electrons. The van der Waals surface area contributed by atoms with Crippen molar-refractivity contribution in [2.75, 3.05) is 14.1 Å². The fourth-order valence-corrected chi connectivity index (χ4v) is 3.12. The maximum Gasteiger partial charge on any atom is 0.0206 e. The number of rotatable bonds is 3. The van der Waals surface area contributed by atoms with E-state index in [9.17, 15) is 0 Å². The molecule has 80 valence electrons. The Morgan fingerprint density at radius 3 is 2.71 bits per heavy atom. The molecule has 1 heteroatoms. The highest BCUT2D eigenvalue weighted by Gasteiger charge is 2.50. The van der Waals surface area contributed by atoms with Gasteiger partial charge in [-0.25, -0.2) is 0 Å². The molecule has 0 spiro atoms. The van der Waals surface area contributed by atoms with Gasteiger partial charge >= 0.3 is 0 Å². The molecule has 14 heavy (non-hydrogen) atoms. The van der Waals surface area contributed by atoms with E-state index >= 15 is 0 Å². The lowest BCUT2D eigenvalue weighted by Crippen LogP contribution is -2.48. The van der Waals surface area contributed by atoms with E-state index in [2.05, 4.69) is 45.0 Å². The summed E-state index contributed by atoms with van der Waals surface area (Å²) in [4.78, 5) is 2.44. The summed E-state index contributed by atoms with van der Waals surface area (Å²) in [5.41, 5.74) is 0.407. The number of allylic oxidation sites excluding steroid dienone is 2. The molecule has 4 atom stereocenters. The second-order valence-electron chi connectivity index (χ2n) is 5.44. The fourth-order valence-electron chi connectivity index (χ4n) is 3.12. The van der Waals surface area contributed by atoms with Crippen molar-refractivity contribution in [2.24, 2.45) is 17.8 Å². The normalized spacial score (nSPS) is 39.4. The van der Waals surface area contributed by atoms with E-state index in [1.807, 2.05) is 0 Å². The van der Waals surface area contributed by atoms with Gasteiger partial charge in [0.05, 0.1) is 0 Å². The van der Waals surface area contributed by atoms with Crippen LogP contribution in [0.4, 0.5) is 0 Å². The molecule has 0 unspecified atom stereocenters. The Hall–Kier alpha value is -0.300. The van der Waals surface area contributed by atoms with Crippen LogP contribution in [0.1, 0.15) is 33.1 Å². The lowest BCUT2D eigenvalue weighted by molar-refractivity contribution is 0.0749. The van der Waals surface area contributed by atoms with Gasteiger partial charge < -0.3 is 4.90 Å². The minimum Gasteiger partial charge on any atom is -0.304 e. The quantitative estimate of drug-likeness (QED) is 0.623. The summed E-state index contributed by atoms with van der Waals surface area (Å²) in [7, 11) is 4.47. The Bertz CT molecular complexity index is 244. The summed E-state index contributed by atoms with van der Waals surface area (Å²) in [6.45, 7) is 4.77. The van der Waals surface area contributed by atoms with Gasteiger partial charge in [-0.2, -0.15) is 0 Å². The Morgan fingerprint density at radius 2 is 2.14 bits per heavy atom. The molecule has 1 saturated carbocycles. The molecule has 2 aliphatic carbocycles. The molecule has 0 saturated heterocycles. The lowest BCUT2D eigenvalue weighted by Gasteiger charge is -2.43. The van der Waals surface area contributed by atoms with Crippen LogP contribution in [0.2, 0.25) is 0 Å². The fraction of sp³-hybridized carbons (Fsp3) is 0.846. The second-order valence-corrected chi connectivity index (χ2v) is 5.44. The zero-order valence-corrected chi connectivity index (χ0v) is 9.96. The van der Waals surface area contributed by atoms with Crippen LogP contribution in [0, 0.1) is 17.8 Å². The monoisotopic (exact) mass is 193 g/mol. The SMILES string of the molecule is CC[C@@](C)([C@H]1CC=C[C@H]2C[C@H]21)N(C)C. The van der Waals surface area contributed by atoms with E-state index in [0.717, 1.165) is 17.8 Å². The van der Waals surface area contributed by atoms with Crippen LogP contribution in [0.25, 0.3) is 0 Å². The molecule has 0 heterocycles. The third-order valence-corrected chi connectivity index (χ3v) is 4.72. The predicted molar refractivity (Wildman–Crippen MR) is 61.2 cm³/mol. The summed E-state index contributed by atoms with van der Waals surface area (Å²) in [5, 5.41) is 0. The van der Waals surface area contributed by atoms with Crippen molar-refractivity contribution in [3.05, 3.63) is 12.2 Å². The first-order valence-corrected chi connectivity index (χ1v) is 5.93. The molecule has 2 aliphatic rings. The van der Waals surface area contributed by atoms with Crippen molar-refractivity contribution >= 4 is 0 Å². The van der Waals surface area contributed by atoms with Gasteiger partial charge in [0, 0.05) is 5.54 Å². The molecule has 0 aromatic carbocycles. The minimum absolute atomic E-state index is 0.407. The van der Waals surface area contributed by atoms with E-state index in [4.69, 9.17) is 0 Å². The highest BCUT2D eigenvalue weighted by atomic mass is 15.1. The second kappa shape index (κ2) is 3.37. The van der Waals surface area contributed by atoms with Crippen molar-refractivity contribution in [3.8, 4) is 0 Å². The van der Waals surface area contributed by atoms with Crippen LogP contribution in [-0.4, -0.2) is 24.5 Å². The van der Waals surface area contributed by atoms with Crippen molar-refractivity contribution < 1.29 is 0 Å². The topological polar surface area (TPSA) is 3.24 Å². The first-order valence-electron chi connectivity index (χ1n) is 5.93. The molecule has 1 nitrogen and oxygen atoms in total. The van der Waals surface area contributed by atoms with E-state index in [1.165, 1.54) is 19.3 Å². The molecular formula is C13H23N. The first kappa shape index (κ1) is 10.2. The average molecular weight is 193 g/mol. The van der Waals surface area contributed by atoms with E-state index in [1.54, 1.807) is 0 Å². The van der Waals surface area contributed by atoms with Gasteiger partial charge in [0.1, 0.15) is 0 Å². The number of nitrogens with zero attached hydrogens (tertiary/aromatic N) is 1. The summed E-state index contributed by atoms with van der Waals surface area (Å²) in [5.74, 6) is 2.81. The van der Waals surface area contributed by atoms with Gasteiger partial charge in [-0.15, -0.1) is 0 Å². The largest absolute Gasteiger partial charge is 0.304 e. The van der Waals surface area contributed by atoms with Gasteiger partial charge in [-0.3, -0.25) is 0 Å². The Kier molecular flexibility index (Phi) is 2.46. The highest BCUT2D eigenvalue weighted by Crippen LogP contribution is 2.54. The van der Waals surface area contributed by atoms with Gasteiger partial charge in [-0.1, -0.05) is 19.1 Å². The maximum atomic E-state index is 2.44. The Labute approximate surface area is 88.2 Å². The highest BCUT2D eigenvalue weighted by molar-refractivity contribution is 5.14. The molecule has 0 aromatic rings. The molecule has 0 aliphatic heterocycles. The molecular weight excluding hydrogens is 170 g/mol. The third-order valence-electron chi connectivity index (χ3n) is 4.72. The van der Waals surface area contributed by atoms with Gasteiger partial charge in [-0.05, 0) is 58.0 Å². The molecule has 0 amide bonds. The van der Waals surface area contributed by atoms with Crippen LogP contribution in [0.5, 0.6) is 0 Å². The summed E-state index contributed by atoms with van der Waals surface area (Å²) in [6, 6.07) is 0. The third kappa shape index (κ3) is 1.42. The Morgan fingerprint density at radius 1 is 1.43 bits per heavy atom. The van der Waals surface area contributed by atoms with Crippen molar-refractivity contribution in [2.45, 2.75) is 38.6 Å². The van der Waals surface area contributed by atoms with Crippen LogP contribution in [0.15, 0.2) is 12.2 Å². The van der Waals surface area contributed by atoms with Gasteiger partial charge in [0.15, 0.2) is 0 Å². The zero-order valence-electron chi connectivity index (χ0n) is 9.96. The molecule has 2 rings (SSSR count). The van der Waals surface area contributed by atoms with Crippen molar-refractivity contribution in [1.82, 2.24) is 4.90 Å². The van der Waals surface area contributed by atoms with Crippen LogP contribution in [0.3, 0.4) is 0 Å². The first-order chi connectivity index (χ1) is 6.59. The summed E-state index contributed by atoms with van der Waals surface area (Å²) in [6.07, 6.45) is 8.86. The maximum absolute atomic E-state index is 2.44. The minimum atomic E-state index is 0.407. The summed E-state index contributed by atoms with van der Waals surface area (Å²) >= 11 is 0. The van der Waals surface area contributed by atoms with Crippen LogP contribution >= 0.6 is 0 Å². The number of fused-ring (bicyclic) bond motifs is 1. The summed E-state index contributed by atoms with van der Waals surface area (Å²) < 4.78 is 0. The predicted octanol–water partition coefficient (Wildman–Crippen LogP) is 2.93. The van der Waals surface area contributed by atoms with Gasteiger partial charge in [0.2, 0.25) is 0 Å². The van der Waals surface area contributed by atoms with Crippen molar-refractivity contribution in [3.63, 3.8) is 0 Å². The van der Waals surface area contributed by atoms with Crippen molar-refractivity contribution in [1.29, 1.82) is 0 Å². The van der Waals surface area contributed by atoms with E-state index in [-0.39, 0.29) is 0 Å². The van der Waals surface area contributed by atoms with E-state index < -0.39 is 0 Å². The van der Waals surface area contributed by atoms with Crippen LogP contribution in [-0.2, 0) is 0 Å². The van der Waals surface area contributed by atoms with Gasteiger partial charge in [0.25, 0.3) is 0 Å². The zero-order chi connectivity index (χ0) is 10.3. The smallest absolute Gasteiger partial charge is 0.0206 e.